The van der Waals surface area contributed by atoms with Crippen molar-refractivity contribution in [2.45, 2.75) is 31.2 Å². The third kappa shape index (κ3) is 5.39. The van der Waals surface area contributed by atoms with Gasteiger partial charge in [0.1, 0.15) is 5.00 Å². The van der Waals surface area contributed by atoms with E-state index in [2.05, 4.69) is 30.8 Å². The first-order valence-electron chi connectivity index (χ1n) is 12.8. The number of rotatable bonds is 7. The van der Waals surface area contributed by atoms with Crippen molar-refractivity contribution >= 4 is 39.7 Å². The molecule has 0 bridgehead atoms. The summed E-state index contributed by atoms with van der Waals surface area (Å²) in [6.45, 7) is 0.899. The van der Waals surface area contributed by atoms with Crippen LogP contribution in [-0.2, 0) is 15.7 Å². The second-order valence-electron chi connectivity index (χ2n) is 9.45. The summed E-state index contributed by atoms with van der Waals surface area (Å²) in [5, 5.41) is 12.9. The zero-order valence-corrected chi connectivity index (χ0v) is 22.5. The van der Waals surface area contributed by atoms with E-state index in [-0.39, 0.29) is 28.6 Å². The zero-order valence-electron chi connectivity index (χ0n) is 21.7. The van der Waals surface area contributed by atoms with Crippen LogP contribution in [0.15, 0.2) is 64.0 Å². The molecule has 0 unspecified atom stereocenters. The maximum atomic E-state index is 13.7. The van der Waals surface area contributed by atoms with Crippen molar-refractivity contribution in [3.05, 3.63) is 70.7 Å². The Morgan fingerprint density at radius 1 is 1.15 bits per heavy atom. The van der Waals surface area contributed by atoms with Gasteiger partial charge in [-0.25, -0.2) is 9.98 Å². The molecular weight excluding hydrogens is 559 g/mol. The van der Waals surface area contributed by atoms with Crippen molar-refractivity contribution in [1.82, 2.24) is 15.2 Å². The average Bonchev–Trinajstić information content (AvgIpc) is 3.70. The van der Waals surface area contributed by atoms with E-state index in [9.17, 15) is 18.0 Å². The number of thiazole rings is 1. The van der Waals surface area contributed by atoms with Crippen LogP contribution in [0.3, 0.4) is 0 Å². The van der Waals surface area contributed by atoms with Gasteiger partial charge in [-0.15, -0.1) is 5.10 Å². The minimum absolute atomic E-state index is 0.0722. The second-order valence-corrected chi connectivity index (χ2v) is 10.4. The Kier molecular flexibility index (Phi) is 7.17. The van der Waals surface area contributed by atoms with E-state index in [0.29, 0.717) is 35.9 Å². The van der Waals surface area contributed by atoms with Crippen LogP contribution >= 0.6 is 11.3 Å². The molecule has 6 rings (SSSR count). The van der Waals surface area contributed by atoms with E-state index in [4.69, 9.17) is 9.15 Å². The number of alkyl halides is 3. The molecule has 1 saturated heterocycles. The van der Waals surface area contributed by atoms with Gasteiger partial charge in [0.05, 0.1) is 24.0 Å². The molecule has 2 aliphatic rings. The van der Waals surface area contributed by atoms with Crippen LogP contribution in [0.5, 0.6) is 0 Å². The predicted octanol–water partition coefficient (Wildman–Crippen LogP) is 5.05. The van der Waals surface area contributed by atoms with Crippen molar-refractivity contribution in [1.29, 1.82) is 0 Å². The third-order valence-corrected chi connectivity index (χ3v) is 7.87. The summed E-state index contributed by atoms with van der Waals surface area (Å²) in [7, 11) is 1.55. The number of hydrogen-bond donors (Lipinski definition) is 2. The fraction of sp³-hybridized carbons (Fsp3) is 0.296. The number of benzodiazepines with no additional fused rings is 1. The lowest BCUT2D eigenvalue weighted by Crippen LogP contribution is -2.32. The first kappa shape index (κ1) is 26.9. The Bertz CT molecular complexity index is 1590. The lowest BCUT2D eigenvalue weighted by atomic mass is 10.0. The SMILES string of the molecule is COC[C@@H]1CCCN1c1sc(C(F)(F)F)nc1-c1nnc(N[C@H]2N=C(c3ccccc3)c3ccccc3NC2=O)o1. The van der Waals surface area contributed by atoms with Crippen molar-refractivity contribution in [2.24, 2.45) is 4.99 Å². The number of aliphatic imine (C=N–C) groups is 1. The van der Waals surface area contributed by atoms with Crippen LogP contribution in [0.2, 0.25) is 0 Å². The summed E-state index contributed by atoms with van der Waals surface area (Å²) < 4.78 is 52.1. The summed E-state index contributed by atoms with van der Waals surface area (Å²) in [5.41, 5.74) is 2.59. The number of anilines is 3. The summed E-state index contributed by atoms with van der Waals surface area (Å²) in [6.07, 6.45) is -4.25. The van der Waals surface area contributed by atoms with Gasteiger partial charge in [-0.05, 0) is 18.9 Å². The fourth-order valence-corrected chi connectivity index (χ4v) is 5.93. The van der Waals surface area contributed by atoms with Gasteiger partial charge >= 0.3 is 12.2 Å². The molecule has 0 spiro atoms. The number of nitrogens with one attached hydrogen (secondary N) is 2. The quantitative estimate of drug-likeness (QED) is 0.310. The standard InChI is InChI=1S/C27H24F3N7O3S/c1-39-14-16-10-7-13-37(16)24-20(33-25(41-24)27(28,29)30)23-35-36-26(40-23)34-21-22(38)31-18-12-6-5-11-17(18)19(32-21)15-8-3-2-4-9-15/h2-6,8-9,11-12,16,21H,7,10,13-14H2,1H3,(H,31,38)(H,34,36)/t16-,21+/m0/s1. The lowest BCUT2D eigenvalue weighted by molar-refractivity contribution is -0.137. The molecule has 0 aliphatic carbocycles. The molecule has 212 valence electrons. The molecule has 2 aromatic carbocycles. The molecule has 1 fully saturated rings. The van der Waals surface area contributed by atoms with Crippen molar-refractivity contribution in [3.63, 3.8) is 0 Å². The Balaban J connectivity index is 1.34. The normalized spacial score (nSPS) is 19.0. The topological polar surface area (TPSA) is 118 Å². The molecule has 2 atom stereocenters. The Labute approximate surface area is 236 Å². The number of methoxy groups -OCH3 is 1. The van der Waals surface area contributed by atoms with E-state index >= 15 is 0 Å². The Hall–Kier alpha value is -4.30. The molecule has 10 nitrogen and oxygen atoms in total. The van der Waals surface area contributed by atoms with Gasteiger partial charge in [0.25, 0.3) is 11.8 Å². The van der Waals surface area contributed by atoms with Crippen LogP contribution in [0.4, 0.5) is 29.9 Å². The highest BCUT2D eigenvalue weighted by Crippen LogP contribution is 2.44. The number of ether oxygens (including phenoxy) is 1. The van der Waals surface area contributed by atoms with Gasteiger partial charge in [0.15, 0.2) is 5.69 Å². The van der Waals surface area contributed by atoms with Gasteiger partial charge in [-0.3, -0.25) is 4.79 Å². The number of nitrogens with zero attached hydrogens (tertiary/aromatic N) is 5. The van der Waals surface area contributed by atoms with Gasteiger partial charge < -0.3 is 24.7 Å². The molecule has 0 radical (unpaired) electrons. The zero-order chi connectivity index (χ0) is 28.6. The molecule has 14 heteroatoms. The molecular formula is C27H24F3N7O3S. The number of carbonyl (C=O) groups excluding carboxylic acids is 1. The molecule has 4 aromatic rings. The molecule has 2 aliphatic heterocycles. The summed E-state index contributed by atoms with van der Waals surface area (Å²) in [5.74, 6) is -0.682. The first-order chi connectivity index (χ1) is 19.8. The Morgan fingerprint density at radius 3 is 2.71 bits per heavy atom. The van der Waals surface area contributed by atoms with E-state index < -0.39 is 23.3 Å². The highest BCUT2D eigenvalue weighted by Gasteiger charge is 2.40. The summed E-state index contributed by atoms with van der Waals surface area (Å²) >= 11 is 0.527. The monoisotopic (exact) mass is 583 g/mol. The smallest absolute Gasteiger partial charge is 0.402 e. The number of fused-ring (bicyclic) bond motifs is 1. The highest BCUT2D eigenvalue weighted by atomic mass is 32.1. The molecule has 4 heterocycles. The maximum Gasteiger partial charge on any atom is 0.443 e. The molecule has 1 amide bonds. The number of aromatic nitrogens is 3. The highest BCUT2D eigenvalue weighted by molar-refractivity contribution is 7.16. The minimum Gasteiger partial charge on any atom is -0.402 e. The number of para-hydroxylation sites is 1. The molecule has 2 aromatic heterocycles. The van der Waals surface area contributed by atoms with Gasteiger partial charge in [-0.2, -0.15) is 13.2 Å². The lowest BCUT2D eigenvalue weighted by Gasteiger charge is -2.24. The largest absolute Gasteiger partial charge is 0.443 e. The molecule has 2 N–H and O–H groups in total. The summed E-state index contributed by atoms with van der Waals surface area (Å²) in [6, 6.07) is 16.3. The number of benzene rings is 2. The average molecular weight is 584 g/mol. The van der Waals surface area contributed by atoms with Crippen LogP contribution in [-0.4, -0.2) is 59.3 Å². The number of amides is 1. The molecule has 41 heavy (non-hydrogen) atoms. The van der Waals surface area contributed by atoms with Crippen molar-refractivity contribution < 1.29 is 27.1 Å². The first-order valence-corrected chi connectivity index (χ1v) is 13.6. The summed E-state index contributed by atoms with van der Waals surface area (Å²) in [4.78, 5) is 23.5. The number of carbonyl (C=O) groups is 1. The van der Waals surface area contributed by atoms with Crippen LogP contribution < -0.4 is 15.5 Å². The maximum absolute atomic E-state index is 13.7. The number of halogens is 3. The van der Waals surface area contributed by atoms with E-state index in [1.54, 1.807) is 19.2 Å². The third-order valence-electron chi connectivity index (χ3n) is 6.73. The van der Waals surface area contributed by atoms with Gasteiger partial charge in [-0.1, -0.05) is 65.0 Å². The Morgan fingerprint density at radius 2 is 1.93 bits per heavy atom. The van der Waals surface area contributed by atoms with Crippen molar-refractivity contribution in [3.8, 4) is 11.6 Å². The van der Waals surface area contributed by atoms with Crippen molar-refractivity contribution in [2.75, 3.05) is 35.8 Å². The fourth-order valence-electron chi connectivity index (χ4n) is 4.91. The second kappa shape index (κ2) is 10.9. The van der Waals surface area contributed by atoms with E-state index in [0.717, 1.165) is 24.0 Å². The van der Waals surface area contributed by atoms with Crippen LogP contribution in [0.25, 0.3) is 11.6 Å². The minimum atomic E-state index is -4.65. The van der Waals surface area contributed by atoms with Crippen LogP contribution in [0.1, 0.15) is 29.0 Å². The number of hydrogen-bond acceptors (Lipinski definition) is 10. The van der Waals surface area contributed by atoms with Gasteiger partial charge in [0, 0.05) is 24.8 Å². The predicted molar refractivity (Wildman–Crippen MR) is 147 cm³/mol. The van der Waals surface area contributed by atoms with E-state index in [1.807, 2.05) is 47.4 Å². The van der Waals surface area contributed by atoms with Crippen LogP contribution in [0, 0.1) is 0 Å². The van der Waals surface area contributed by atoms with E-state index in [1.165, 1.54) is 0 Å². The molecule has 0 saturated carbocycles. The van der Waals surface area contributed by atoms with Gasteiger partial charge in [0.2, 0.25) is 11.2 Å².